The quantitative estimate of drug-likeness (QED) is 0.165. The zero-order chi connectivity index (χ0) is 49.0. The number of likely N-dealkylation sites (N-methyl/N-ethyl adjacent to an activating group) is 1. The third-order valence-electron chi connectivity index (χ3n) is 16.8. The summed E-state index contributed by atoms with van der Waals surface area (Å²) in [5, 5.41) is 23.4. The zero-order valence-electron chi connectivity index (χ0n) is 40.9. The molecule has 16 aromatic rings. The van der Waals surface area contributed by atoms with Crippen LogP contribution >= 0.6 is 0 Å². The summed E-state index contributed by atoms with van der Waals surface area (Å²) in [5.74, 6) is 0. The molecular weight excluding hydrogens is 909 g/mol. The summed E-state index contributed by atoms with van der Waals surface area (Å²) in [6.07, 6.45) is 10.3. The van der Waals surface area contributed by atoms with Gasteiger partial charge in [0.05, 0.1) is 22.2 Å². The molecule has 346 valence electrons. The molecule has 0 bridgehead atoms. The van der Waals surface area contributed by atoms with Crippen LogP contribution in [0.3, 0.4) is 0 Å². The van der Waals surface area contributed by atoms with E-state index in [1.165, 1.54) is 125 Å². The third-order valence-corrected chi connectivity index (χ3v) is 16.8. The maximum absolute atomic E-state index is 5.14. The largest absolute Gasteiger partial charge is 0.370 e. The predicted molar refractivity (Wildman–Crippen MR) is 319 cm³/mol. The summed E-state index contributed by atoms with van der Waals surface area (Å²) in [4.78, 5) is 17.6. The van der Waals surface area contributed by atoms with Gasteiger partial charge in [0.1, 0.15) is 0 Å². The number of fused-ring (bicyclic) bond motifs is 14. The SMILES string of the molecule is CN1CC=Cc2cccc(-c3c4ccccc4c(-c4cccc5cccnc45)c4c5cc6c(cc7c8c(-c9cccc%10cccnc9%10)ccc(-c9cccc%10cccnc9%10)c8c8cccc6c87)c6cccc(c34)c65)c21. The standard InChI is InChI=1S/C71H42N4/c1-75-37-13-21-43-17-7-31-55(71(43)75)64-45-23-3-2-22-44(45)63(54-30-6-16-42-20-12-36-74-70(42)54)67-59-39-57-46-24-8-28-52-60(46)58(38-56(57)47-25-9-29-53(61(47)59)66(64)67)65-49(51-27-5-15-41-19-11-35-73-69(41)51)33-32-48(62(52)65)50-26-4-14-40-18-10-34-72-68(40)50/h2-36,38-39H,37H2,1H3. The van der Waals surface area contributed by atoms with Crippen LogP contribution in [-0.2, 0) is 0 Å². The van der Waals surface area contributed by atoms with Crippen LogP contribution in [0.15, 0.2) is 219 Å². The molecule has 0 fully saturated rings. The van der Waals surface area contributed by atoms with Crippen LogP contribution in [-0.4, -0.2) is 28.5 Å². The van der Waals surface area contributed by atoms with E-state index >= 15 is 0 Å². The van der Waals surface area contributed by atoms with E-state index < -0.39 is 0 Å². The van der Waals surface area contributed by atoms with Crippen molar-refractivity contribution in [2.75, 3.05) is 18.5 Å². The number of aromatic nitrogens is 3. The monoisotopic (exact) mass is 950 g/mol. The highest BCUT2D eigenvalue weighted by atomic mass is 15.1. The van der Waals surface area contributed by atoms with Gasteiger partial charge in [0.25, 0.3) is 0 Å². The molecule has 13 aromatic carbocycles. The summed E-state index contributed by atoms with van der Waals surface area (Å²) in [6, 6.07) is 72.3. The average molecular weight is 951 g/mol. The lowest BCUT2D eigenvalue weighted by Crippen LogP contribution is -2.21. The van der Waals surface area contributed by atoms with E-state index in [4.69, 9.17) is 15.0 Å². The number of hydrogen-bond acceptors (Lipinski definition) is 4. The Morgan fingerprint density at radius 2 is 0.747 bits per heavy atom. The third kappa shape index (κ3) is 5.47. The van der Waals surface area contributed by atoms with Gasteiger partial charge in [-0.25, -0.2) is 0 Å². The van der Waals surface area contributed by atoms with Gasteiger partial charge in [0.2, 0.25) is 0 Å². The molecule has 4 heterocycles. The van der Waals surface area contributed by atoms with Gasteiger partial charge in [0, 0.05) is 81.7 Å². The molecule has 1 aliphatic rings. The molecule has 0 spiro atoms. The van der Waals surface area contributed by atoms with E-state index in [2.05, 4.69) is 200 Å². The highest BCUT2D eigenvalue weighted by Crippen LogP contribution is 2.56. The molecule has 0 radical (unpaired) electrons. The molecule has 0 aliphatic carbocycles. The van der Waals surface area contributed by atoms with Crippen molar-refractivity contribution in [1.82, 2.24) is 15.0 Å². The first kappa shape index (κ1) is 40.8. The Balaban J connectivity index is 1.09. The zero-order valence-corrected chi connectivity index (χ0v) is 40.9. The molecule has 0 amide bonds. The number of para-hydroxylation sites is 4. The van der Waals surface area contributed by atoms with Crippen molar-refractivity contribution >= 4 is 131 Å². The maximum Gasteiger partial charge on any atom is 0.0780 e. The minimum absolute atomic E-state index is 0.852. The summed E-state index contributed by atoms with van der Waals surface area (Å²) in [6.45, 7) is 0.852. The van der Waals surface area contributed by atoms with E-state index in [1.54, 1.807) is 0 Å². The first-order valence-electron chi connectivity index (χ1n) is 25.9. The molecule has 0 saturated heterocycles. The van der Waals surface area contributed by atoms with Gasteiger partial charge in [-0.2, -0.15) is 0 Å². The van der Waals surface area contributed by atoms with Crippen LogP contribution in [0.1, 0.15) is 5.56 Å². The van der Waals surface area contributed by atoms with Crippen LogP contribution in [0.25, 0.3) is 169 Å². The molecule has 0 saturated carbocycles. The Hall–Kier alpha value is -9.77. The van der Waals surface area contributed by atoms with Crippen molar-refractivity contribution in [3.05, 3.63) is 224 Å². The van der Waals surface area contributed by atoms with Crippen LogP contribution in [0.5, 0.6) is 0 Å². The van der Waals surface area contributed by atoms with Crippen LogP contribution in [0.2, 0.25) is 0 Å². The van der Waals surface area contributed by atoms with Crippen molar-refractivity contribution < 1.29 is 0 Å². The molecule has 0 N–H and O–H groups in total. The number of anilines is 1. The van der Waals surface area contributed by atoms with Crippen LogP contribution in [0.4, 0.5) is 5.69 Å². The molecule has 0 unspecified atom stereocenters. The smallest absolute Gasteiger partial charge is 0.0780 e. The second-order valence-electron chi connectivity index (χ2n) is 20.5. The molecule has 75 heavy (non-hydrogen) atoms. The summed E-state index contributed by atoms with van der Waals surface area (Å²) in [5.41, 5.74) is 15.0. The first-order chi connectivity index (χ1) is 37.2. The van der Waals surface area contributed by atoms with Gasteiger partial charge < -0.3 is 4.90 Å². The maximum atomic E-state index is 5.14. The van der Waals surface area contributed by atoms with E-state index in [0.29, 0.717) is 0 Å². The predicted octanol–water partition coefficient (Wildman–Crippen LogP) is 18.6. The number of benzene rings is 11. The molecule has 0 atom stereocenters. The van der Waals surface area contributed by atoms with Gasteiger partial charge in [-0.05, 0) is 133 Å². The number of hydrogen-bond donors (Lipinski definition) is 0. The fraction of sp³-hybridized carbons (Fsp3) is 0.0282. The van der Waals surface area contributed by atoms with Crippen molar-refractivity contribution in [2.45, 2.75) is 0 Å². The lowest BCUT2D eigenvalue weighted by atomic mass is 9.84. The highest BCUT2D eigenvalue weighted by Gasteiger charge is 2.29. The Kier molecular flexibility index (Phi) is 8.23. The normalized spacial score (nSPS) is 13.0. The van der Waals surface area contributed by atoms with Gasteiger partial charge >= 0.3 is 0 Å². The summed E-state index contributed by atoms with van der Waals surface area (Å²) >= 11 is 0. The summed E-state index contributed by atoms with van der Waals surface area (Å²) in [7, 11) is 2.23. The van der Waals surface area contributed by atoms with E-state index in [9.17, 15) is 0 Å². The van der Waals surface area contributed by atoms with Crippen molar-refractivity contribution in [2.24, 2.45) is 0 Å². The van der Waals surface area contributed by atoms with E-state index in [1.807, 2.05) is 36.8 Å². The van der Waals surface area contributed by atoms with Crippen LogP contribution in [0, 0.1) is 0 Å². The van der Waals surface area contributed by atoms with E-state index in [-0.39, 0.29) is 0 Å². The Morgan fingerprint density at radius 1 is 0.320 bits per heavy atom. The number of rotatable bonds is 4. The lowest BCUT2D eigenvalue weighted by molar-refractivity contribution is 1.02. The Labute approximate surface area is 430 Å². The van der Waals surface area contributed by atoms with Gasteiger partial charge in [0.15, 0.2) is 0 Å². The molecule has 4 heteroatoms. The van der Waals surface area contributed by atoms with Crippen molar-refractivity contribution in [3.8, 4) is 44.5 Å². The number of pyridine rings is 3. The topological polar surface area (TPSA) is 41.9 Å². The van der Waals surface area contributed by atoms with Crippen LogP contribution < -0.4 is 4.90 Å². The minimum Gasteiger partial charge on any atom is -0.370 e. The molecule has 3 aromatic heterocycles. The molecule has 17 rings (SSSR count). The summed E-state index contributed by atoms with van der Waals surface area (Å²) < 4.78 is 0. The first-order valence-corrected chi connectivity index (χ1v) is 25.9. The lowest BCUT2D eigenvalue weighted by Gasteiger charge is -2.28. The fourth-order valence-electron chi connectivity index (χ4n) is 13.8. The highest BCUT2D eigenvalue weighted by molar-refractivity contribution is 6.46. The second kappa shape index (κ2) is 15.1. The number of nitrogens with zero attached hydrogens (tertiary/aromatic N) is 4. The average Bonchev–Trinajstić information content (AvgIpc) is 4.10. The minimum atomic E-state index is 0.852. The van der Waals surface area contributed by atoms with Crippen molar-refractivity contribution in [1.29, 1.82) is 0 Å². The van der Waals surface area contributed by atoms with E-state index in [0.717, 1.165) is 55.9 Å². The fourth-order valence-corrected chi connectivity index (χ4v) is 13.8. The molecule has 1 aliphatic heterocycles. The van der Waals surface area contributed by atoms with Crippen molar-refractivity contribution in [3.63, 3.8) is 0 Å². The molecule has 4 nitrogen and oxygen atoms in total. The Bertz CT molecular complexity index is 5170. The van der Waals surface area contributed by atoms with Gasteiger partial charge in [-0.1, -0.05) is 176 Å². The molecular formula is C71H42N4. The van der Waals surface area contributed by atoms with Gasteiger partial charge in [-0.3, -0.25) is 15.0 Å². The Morgan fingerprint density at radius 3 is 1.35 bits per heavy atom. The second-order valence-corrected chi connectivity index (χ2v) is 20.5. The van der Waals surface area contributed by atoms with Gasteiger partial charge in [-0.15, -0.1) is 0 Å².